The molecule has 0 saturated heterocycles. The first-order chi connectivity index (χ1) is 17.1. The molecule has 0 atom stereocenters. The highest BCUT2D eigenvalue weighted by atomic mass is 35.5. The molecule has 0 aromatic heterocycles. The summed E-state index contributed by atoms with van der Waals surface area (Å²) in [5.74, 6) is -1.89. The number of nitrogens with one attached hydrogen (secondary N) is 1. The molecular formula is C25H23ClF3NO6S. The highest BCUT2D eigenvalue weighted by Gasteiger charge is 2.34. The summed E-state index contributed by atoms with van der Waals surface area (Å²) in [5.41, 5.74) is -1.11. The van der Waals surface area contributed by atoms with Crippen molar-refractivity contribution in [2.75, 3.05) is 11.3 Å². The summed E-state index contributed by atoms with van der Waals surface area (Å²) in [5, 5.41) is 9.38. The Hall–Kier alpha value is -3.44. The lowest BCUT2D eigenvalue weighted by Gasteiger charge is -2.20. The number of ether oxygens (including phenoxy) is 2. The molecule has 0 heterocycles. The molecule has 0 saturated carbocycles. The fourth-order valence-electron chi connectivity index (χ4n) is 3.20. The van der Waals surface area contributed by atoms with Gasteiger partial charge in [0.2, 0.25) is 0 Å². The fraction of sp³-hybridized carbons (Fsp3) is 0.240. The van der Waals surface area contributed by atoms with Gasteiger partial charge >= 0.3 is 12.1 Å². The standard InChI is InChI=1S/C25H23ClF3NO6S/c1-24(2,3)36-22(31)14-35-20-10-9-16(15-7-5-4-6-8-15)11-19(20)30-37(33,34)21-13-17(25(27,28)29)12-18(26)23(21)32/h4-13,30,32H,14H2,1-3H3. The number of esters is 1. The van der Waals surface area contributed by atoms with Crippen molar-refractivity contribution < 1.29 is 41.0 Å². The lowest BCUT2D eigenvalue weighted by atomic mass is 10.1. The second-order valence-corrected chi connectivity index (χ2v) is 10.9. The molecule has 0 aliphatic carbocycles. The molecule has 3 rings (SSSR count). The Morgan fingerprint density at radius 3 is 2.24 bits per heavy atom. The molecule has 0 fully saturated rings. The number of halogens is 4. The molecule has 0 amide bonds. The van der Waals surface area contributed by atoms with Gasteiger partial charge in [-0.1, -0.05) is 48.0 Å². The summed E-state index contributed by atoms with van der Waals surface area (Å²) in [6.45, 7) is 4.40. The van der Waals surface area contributed by atoms with Gasteiger partial charge in [-0.2, -0.15) is 13.2 Å². The van der Waals surface area contributed by atoms with Crippen LogP contribution in [0.25, 0.3) is 11.1 Å². The zero-order valence-corrected chi connectivity index (χ0v) is 21.5. The molecule has 3 aromatic rings. The molecule has 12 heteroatoms. The van der Waals surface area contributed by atoms with E-state index >= 15 is 0 Å². The zero-order valence-electron chi connectivity index (χ0n) is 19.9. The first kappa shape index (κ1) is 28.1. The molecule has 0 bridgehead atoms. The molecule has 0 unspecified atom stereocenters. The monoisotopic (exact) mass is 557 g/mol. The minimum absolute atomic E-state index is 0.105. The van der Waals surface area contributed by atoms with Crippen LogP contribution in [-0.2, 0) is 25.7 Å². The molecule has 2 N–H and O–H groups in total. The fourth-order valence-corrected chi connectivity index (χ4v) is 4.68. The Bertz CT molecular complexity index is 1400. The number of phenols is 1. The number of benzene rings is 3. The largest absolute Gasteiger partial charge is 0.505 e. The molecule has 37 heavy (non-hydrogen) atoms. The van der Waals surface area contributed by atoms with E-state index in [-0.39, 0.29) is 17.5 Å². The summed E-state index contributed by atoms with van der Waals surface area (Å²) >= 11 is 5.69. The van der Waals surface area contributed by atoms with Crippen LogP contribution >= 0.6 is 11.6 Å². The van der Waals surface area contributed by atoms with Crippen molar-refractivity contribution in [3.05, 3.63) is 71.2 Å². The number of carbonyl (C=O) groups is 1. The van der Waals surface area contributed by atoms with Gasteiger partial charge in [0.05, 0.1) is 16.3 Å². The normalized spacial score (nSPS) is 12.2. The number of carbonyl (C=O) groups excluding carboxylic acids is 1. The molecule has 7 nitrogen and oxygen atoms in total. The predicted octanol–water partition coefficient (Wildman–Crippen LogP) is 6.25. The summed E-state index contributed by atoms with van der Waals surface area (Å²) in [7, 11) is -4.82. The van der Waals surface area contributed by atoms with E-state index in [4.69, 9.17) is 21.1 Å². The third kappa shape index (κ3) is 7.30. The van der Waals surface area contributed by atoms with Gasteiger partial charge in [0, 0.05) is 0 Å². The van der Waals surface area contributed by atoms with Crippen LogP contribution in [0.4, 0.5) is 18.9 Å². The van der Waals surface area contributed by atoms with E-state index in [2.05, 4.69) is 4.72 Å². The van der Waals surface area contributed by atoms with Crippen molar-refractivity contribution in [3.8, 4) is 22.6 Å². The summed E-state index contributed by atoms with van der Waals surface area (Å²) in [6, 6.07) is 13.9. The minimum atomic E-state index is -4.92. The number of phenolic OH excluding ortho intramolecular Hbond substituents is 1. The third-order valence-electron chi connectivity index (χ3n) is 4.74. The second-order valence-electron chi connectivity index (χ2n) is 8.86. The van der Waals surface area contributed by atoms with E-state index in [9.17, 15) is 31.5 Å². The Morgan fingerprint density at radius 1 is 1.00 bits per heavy atom. The van der Waals surface area contributed by atoms with Crippen molar-refractivity contribution >= 4 is 33.3 Å². The minimum Gasteiger partial charge on any atom is -0.505 e. The number of aromatic hydroxyl groups is 1. The first-order valence-corrected chi connectivity index (χ1v) is 12.6. The smallest absolute Gasteiger partial charge is 0.416 e. The quantitative estimate of drug-likeness (QED) is 0.333. The lowest BCUT2D eigenvalue weighted by molar-refractivity contribution is -0.157. The number of anilines is 1. The van der Waals surface area contributed by atoms with Gasteiger partial charge in [0.15, 0.2) is 12.4 Å². The highest BCUT2D eigenvalue weighted by Crippen LogP contribution is 2.40. The van der Waals surface area contributed by atoms with Gasteiger partial charge < -0.3 is 14.6 Å². The lowest BCUT2D eigenvalue weighted by Crippen LogP contribution is -2.27. The van der Waals surface area contributed by atoms with Crippen LogP contribution in [0.15, 0.2) is 65.6 Å². The SMILES string of the molecule is CC(C)(C)OC(=O)COc1ccc(-c2ccccc2)cc1NS(=O)(=O)c1cc(C(F)(F)F)cc(Cl)c1O. The number of alkyl halides is 3. The molecule has 3 aromatic carbocycles. The van der Waals surface area contributed by atoms with Gasteiger partial charge in [0.1, 0.15) is 16.2 Å². The summed E-state index contributed by atoms with van der Waals surface area (Å²) in [4.78, 5) is 11.0. The van der Waals surface area contributed by atoms with E-state index in [1.165, 1.54) is 12.1 Å². The number of sulfonamides is 1. The third-order valence-corrected chi connectivity index (χ3v) is 6.41. The van der Waals surface area contributed by atoms with Crippen molar-refractivity contribution in [3.63, 3.8) is 0 Å². The Balaban J connectivity index is 2.04. The van der Waals surface area contributed by atoms with Crippen molar-refractivity contribution in [1.82, 2.24) is 0 Å². The molecule has 0 spiro atoms. The van der Waals surface area contributed by atoms with Crippen molar-refractivity contribution in [2.45, 2.75) is 37.4 Å². The van der Waals surface area contributed by atoms with Crippen LogP contribution in [-0.4, -0.2) is 31.7 Å². The first-order valence-electron chi connectivity index (χ1n) is 10.7. The Kier molecular flexibility index (Phi) is 7.99. The molecule has 0 aliphatic heterocycles. The molecular weight excluding hydrogens is 535 g/mol. The molecule has 0 radical (unpaired) electrons. The van der Waals surface area contributed by atoms with Crippen molar-refractivity contribution in [1.29, 1.82) is 0 Å². The average molecular weight is 558 g/mol. The van der Waals surface area contributed by atoms with E-state index < -0.39 is 55.6 Å². The van der Waals surface area contributed by atoms with E-state index in [1.54, 1.807) is 57.2 Å². The maximum absolute atomic E-state index is 13.3. The second kappa shape index (κ2) is 10.5. The average Bonchev–Trinajstić information content (AvgIpc) is 2.78. The van der Waals surface area contributed by atoms with Crippen LogP contribution in [0, 0.1) is 0 Å². The Labute approximate surface area is 216 Å². The van der Waals surface area contributed by atoms with Gasteiger partial charge in [0.25, 0.3) is 10.0 Å². The molecule has 198 valence electrons. The summed E-state index contributed by atoms with van der Waals surface area (Å²) < 4.78 is 78.9. The van der Waals surface area contributed by atoms with Crippen LogP contribution in [0.3, 0.4) is 0 Å². The zero-order chi connectivity index (χ0) is 27.6. The van der Waals surface area contributed by atoms with Crippen LogP contribution < -0.4 is 9.46 Å². The van der Waals surface area contributed by atoms with E-state index in [1.807, 2.05) is 0 Å². The van der Waals surface area contributed by atoms with Crippen LogP contribution in [0.1, 0.15) is 26.3 Å². The highest BCUT2D eigenvalue weighted by molar-refractivity contribution is 7.92. The van der Waals surface area contributed by atoms with Crippen molar-refractivity contribution in [2.24, 2.45) is 0 Å². The van der Waals surface area contributed by atoms with Gasteiger partial charge in [-0.05, 0) is 56.2 Å². The van der Waals surface area contributed by atoms with Crippen LogP contribution in [0.5, 0.6) is 11.5 Å². The Morgan fingerprint density at radius 2 is 1.65 bits per heavy atom. The molecule has 0 aliphatic rings. The van der Waals surface area contributed by atoms with Gasteiger partial charge in [-0.3, -0.25) is 4.72 Å². The van der Waals surface area contributed by atoms with E-state index in [0.29, 0.717) is 17.2 Å². The van der Waals surface area contributed by atoms with Crippen LogP contribution in [0.2, 0.25) is 5.02 Å². The van der Waals surface area contributed by atoms with Gasteiger partial charge in [-0.15, -0.1) is 0 Å². The maximum Gasteiger partial charge on any atom is 0.416 e. The number of hydrogen-bond acceptors (Lipinski definition) is 6. The maximum atomic E-state index is 13.3. The number of hydrogen-bond donors (Lipinski definition) is 2. The van der Waals surface area contributed by atoms with Gasteiger partial charge in [-0.25, -0.2) is 13.2 Å². The predicted molar refractivity (Wildman–Crippen MR) is 132 cm³/mol. The van der Waals surface area contributed by atoms with E-state index in [0.717, 1.165) is 0 Å². The topological polar surface area (TPSA) is 102 Å². The summed E-state index contributed by atoms with van der Waals surface area (Å²) in [6.07, 6.45) is -4.92. The number of rotatable bonds is 7.